The molecule has 0 aliphatic heterocycles. The molecule has 9 heteroatoms. The summed E-state index contributed by atoms with van der Waals surface area (Å²) in [5.41, 5.74) is 2.05. The van der Waals surface area contributed by atoms with Crippen LogP contribution in [0.15, 0.2) is 82.7 Å². The minimum absolute atomic E-state index is 0.120. The van der Waals surface area contributed by atoms with Gasteiger partial charge in [-0.1, -0.05) is 59.3 Å². The normalized spacial score (nSPS) is 12.5. The number of amides is 1. The summed E-state index contributed by atoms with van der Waals surface area (Å²) in [6, 6.07) is 20.8. The minimum Gasteiger partial charge on any atom is -0.315 e. The molecule has 1 amide bonds. The van der Waals surface area contributed by atoms with Crippen molar-refractivity contribution in [3.8, 4) is 0 Å². The van der Waals surface area contributed by atoms with Crippen molar-refractivity contribution >= 4 is 49.1 Å². The first-order chi connectivity index (χ1) is 15.8. The Bertz CT molecular complexity index is 1480. The highest BCUT2D eigenvalue weighted by Gasteiger charge is 2.21. The molecule has 0 N–H and O–H groups in total. The highest BCUT2D eigenvalue weighted by molar-refractivity contribution is 7.89. The second-order valence-electron chi connectivity index (χ2n) is 7.40. The Morgan fingerprint density at radius 3 is 2.39 bits per heavy atom. The van der Waals surface area contributed by atoms with Crippen LogP contribution in [-0.2, 0) is 23.1 Å². The number of hydrogen-bond donors (Lipinski definition) is 0. The van der Waals surface area contributed by atoms with Gasteiger partial charge in [0.1, 0.15) is 0 Å². The van der Waals surface area contributed by atoms with E-state index in [1.165, 1.54) is 47.0 Å². The SMILES string of the molecule is CCn1c(=NC(=O)c2ccc(S(=O)(=O)N(C)Cc3ccccc3)cc2)sc2cccc(Cl)c21. The molecule has 170 valence electrons. The minimum atomic E-state index is -3.70. The van der Waals surface area contributed by atoms with Crippen molar-refractivity contribution in [1.29, 1.82) is 0 Å². The van der Waals surface area contributed by atoms with Gasteiger partial charge in [-0.05, 0) is 48.9 Å². The number of benzene rings is 3. The molecule has 4 aromatic rings. The molecule has 0 radical (unpaired) electrons. The Morgan fingerprint density at radius 1 is 1.03 bits per heavy atom. The van der Waals surface area contributed by atoms with Crippen molar-refractivity contribution < 1.29 is 13.2 Å². The first-order valence-corrected chi connectivity index (χ1v) is 12.9. The second-order valence-corrected chi connectivity index (χ2v) is 10.9. The monoisotopic (exact) mass is 499 g/mol. The Morgan fingerprint density at radius 2 is 1.73 bits per heavy atom. The van der Waals surface area contributed by atoms with Gasteiger partial charge in [0.25, 0.3) is 5.91 Å². The van der Waals surface area contributed by atoms with E-state index in [9.17, 15) is 13.2 Å². The van der Waals surface area contributed by atoms with E-state index in [-0.39, 0.29) is 11.4 Å². The molecule has 0 atom stereocenters. The lowest BCUT2D eigenvalue weighted by Crippen LogP contribution is -2.26. The molecule has 0 aliphatic carbocycles. The number of fused-ring (bicyclic) bond motifs is 1. The molecule has 0 spiro atoms. The summed E-state index contributed by atoms with van der Waals surface area (Å²) in [4.78, 5) is 17.8. The molecule has 1 heterocycles. The molecule has 33 heavy (non-hydrogen) atoms. The number of thiazole rings is 1. The van der Waals surface area contributed by atoms with E-state index in [1.54, 1.807) is 0 Å². The van der Waals surface area contributed by atoms with E-state index in [0.29, 0.717) is 21.9 Å². The maximum absolute atomic E-state index is 12.9. The fourth-order valence-electron chi connectivity index (χ4n) is 3.49. The van der Waals surface area contributed by atoms with E-state index in [2.05, 4.69) is 4.99 Å². The Labute approximate surface area is 201 Å². The number of aryl methyl sites for hydroxylation is 1. The van der Waals surface area contributed by atoms with Crippen LogP contribution in [0.4, 0.5) is 0 Å². The third kappa shape index (κ3) is 4.79. The van der Waals surface area contributed by atoms with Gasteiger partial charge in [0, 0.05) is 25.7 Å². The number of carbonyl (C=O) groups is 1. The molecule has 0 aliphatic rings. The number of aromatic nitrogens is 1. The van der Waals surface area contributed by atoms with E-state index >= 15 is 0 Å². The van der Waals surface area contributed by atoms with Crippen LogP contribution in [-0.4, -0.2) is 30.2 Å². The van der Waals surface area contributed by atoms with Crippen molar-refractivity contribution in [2.45, 2.75) is 24.9 Å². The third-order valence-corrected chi connectivity index (χ3v) is 8.39. The van der Waals surface area contributed by atoms with Crippen molar-refractivity contribution in [3.63, 3.8) is 0 Å². The number of rotatable bonds is 6. The van der Waals surface area contributed by atoms with Crippen molar-refractivity contribution in [1.82, 2.24) is 8.87 Å². The van der Waals surface area contributed by atoms with E-state index in [0.717, 1.165) is 15.8 Å². The van der Waals surface area contributed by atoms with Crippen LogP contribution in [0.1, 0.15) is 22.8 Å². The van der Waals surface area contributed by atoms with Gasteiger partial charge < -0.3 is 4.57 Å². The van der Waals surface area contributed by atoms with Gasteiger partial charge in [-0.3, -0.25) is 4.79 Å². The van der Waals surface area contributed by atoms with Crippen LogP contribution < -0.4 is 4.80 Å². The molecule has 0 bridgehead atoms. The van der Waals surface area contributed by atoms with E-state index < -0.39 is 15.9 Å². The van der Waals surface area contributed by atoms with Crippen LogP contribution in [0.5, 0.6) is 0 Å². The summed E-state index contributed by atoms with van der Waals surface area (Å²) in [6.45, 7) is 2.83. The Balaban J connectivity index is 1.60. The van der Waals surface area contributed by atoms with Gasteiger partial charge in [0.05, 0.1) is 20.1 Å². The van der Waals surface area contributed by atoms with Crippen LogP contribution in [0.2, 0.25) is 5.02 Å². The molecule has 0 saturated carbocycles. The molecular weight excluding hydrogens is 478 g/mol. The van der Waals surface area contributed by atoms with Gasteiger partial charge in [0.15, 0.2) is 4.80 Å². The number of halogens is 1. The van der Waals surface area contributed by atoms with Crippen LogP contribution in [0.25, 0.3) is 10.2 Å². The predicted molar refractivity (Wildman–Crippen MR) is 132 cm³/mol. The first-order valence-electron chi connectivity index (χ1n) is 10.3. The zero-order valence-electron chi connectivity index (χ0n) is 18.1. The maximum Gasteiger partial charge on any atom is 0.279 e. The standard InChI is InChI=1S/C24H22ClN3O3S2/c1-3-28-22-20(25)10-7-11-21(22)32-24(28)26-23(29)18-12-14-19(15-13-18)33(30,31)27(2)16-17-8-5-4-6-9-17/h4-15H,3,16H2,1-2H3. The topological polar surface area (TPSA) is 71.7 Å². The van der Waals surface area contributed by atoms with Gasteiger partial charge in [-0.2, -0.15) is 9.30 Å². The van der Waals surface area contributed by atoms with Crippen LogP contribution in [0.3, 0.4) is 0 Å². The number of para-hydroxylation sites is 1. The maximum atomic E-state index is 12.9. The average Bonchev–Trinajstić information content (AvgIpc) is 3.18. The summed E-state index contributed by atoms with van der Waals surface area (Å²) in [5.74, 6) is -0.443. The fraction of sp³-hybridized carbons (Fsp3) is 0.167. The van der Waals surface area contributed by atoms with E-state index in [4.69, 9.17) is 11.6 Å². The van der Waals surface area contributed by atoms with Crippen LogP contribution in [0, 0.1) is 0 Å². The largest absolute Gasteiger partial charge is 0.315 e. The number of nitrogens with zero attached hydrogens (tertiary/aromatic N) is 3. The van der Waals surface area contributed by atoms with Crippen molar-refractivity contribution in [3.05, 3.63) is 93.7 Å². The van der Waals surface area contributed by atoms with Crippen LogP contribution >= 0.6 is 22.9 Å². The summed E-state index contributed by atoms with van der Waals surface area (Å²) in [5, 5.41) is 0.605. The quantitative estimate of drug-likeness (QED) is 0.377. The van der Waals surface area contributed by atoms with Gasteiger partial charge >= 0.3 is 0 Å². The van der Waals surface area contributed by atoms with Crippen molar-refractivity contribution in [2.75, 3.05) is 7.05 Å². The summed E-state index contributed by atoms with van der Waals surface area (Å²) in [6.07, 6.45) is 0. The molecule has 6 nitrogen and oxygen atoms in total. The summed E-state index contributed by atoms with van der Waals surface area (Å²) in [7, 11) is -2.16. The smallest absolute Gasteiger partial charge is 0.279 e. The lowest BCUT2D eigenvalue weighted by molar-refractivity contribution is 0.0997. The fourth-order valence-corrected chi connectivity index (χ4v) is 6.10. The highest BCUT2D eigenvalue weighted by atomic mass is 35.5. The summed E-state index contributed by atoms with van der Waals surface area (Å²) >= 11 is 7.73. The molecule has 0 unspecified atom stereocenters. The van der Waals surface area contributed by atoms with Gasteiger partial charge in [0.2, 0.25) is 10.0 Å². The number of carbonyl (C=O) groups excluding carboxylic acids is 1. The van der Waals surface area contributed by atoms with E-state index in [1.807, 2.05) is 60.0 Å². The molecule has 3 aromatic carbocycles. The lowest BCUT2D eigenvalue weighted by Gasteiger charge is -2.17. The average molecular weight is 500 g/mol. The lowest BCUT2D eigenvalue weighted by atomic mass is 10.2. The Kier molecular flexibility index (Phi) is 6.81. The molecule has 1 aromatic heterocycles. The molecular formula is C24H22ClN3O3S2. The number of sulfonamides is 1. The molecule has 0 saturated heterocycles. The van der Waals surface area contributed by atoms with Gasteiger partial charge in [-0.25, -0.2) is 8.42 Å². The summed E-state index contributed by atoms with van der Waals surface area (Å²) < 4.78 is 30.0. The predicted octanol–water partition coefficient (Wildman–Crippen LogP) is 4.94. The van der Waals surface area contributed by atoms with Gasteiger partial charge in [-0.15, -0.1) is 0 Å². The zero-order chi connectivity index (χ0) is 23.6. The first kappa shape index (κ1) is 23.4. The zero-order valence-corrected chi connectivity index (χ0v) is 20.5. The molecule has 4 rings (SSSR count). The molecule has 0 fully saturated rings. The second kappa shape index (κ2) is 9.61. The number of hydrogen-bond acceptors (Lipinski definition) is 4. The Hall–Kier alpha value is -2.78. The third-order valence-electron chi connectivity index (χ3n) is 5.22. The van der Waals surface area contributed by atoms with Crippen molar-refractivity contribution in [2.24, 2.45) is 4.99 Å². The highest BCUT2D eigenvalue weighted by Crippen LogP contribution is 2.25.